The van der Waals surface area contributed by atoms with Crippen LogP contribution in [-0.4, -0.2) is 35.7 Å². The topological polar surface area (TPSA) is 72.9 Å². The molecule has 2 amide bonds. The molecule has 0 aliphatic carbocycles. The van der Waals surface area contributed by atoms with E-state index in [-0.39, 0.29) is 4.91 Å². The van der Waals surface area contributed by atoms with E-state index in [2.05, 4.69) is 20.7 Å². The number of hydrogen-bond acceptors (Lipinski definition) is 6. The molecule has 1 aliphatic rings. The SMILES string of the molecule is COC(=O)CN1C(=O)S/C(=C\c2ccc(OCc3ccccc3Cl)c(Br)c2)C1=O. The van der Waals surface area contributed by atoms with E-state index in [4.69, 9.17) is 16.3 Å². The summed E-state index contributed by atoms with van der Waals surface area (Å²) in [5, 5.41) is 0.119. The van der Waals surface area contributed by atoms with Gasteiger partial charge in [-0.1, -0.05) is 35.9 Å². The lowest BCUT2D eigenvalue weighted by Gasteiger charge is -2.10. The monoisotopic (exact) mass is 495 g/mol. The van der Waals surface area contributed by atoms with Crippen LogP contribution in [0.3, 0.4) is 0 Å². The summed E-state index contributed by atoms with van der Waals surface area (Å²) in [6.07, 6.45) is 1.59. The zero-order valence-corrected chi connectivity index (χ0v) is 18.3. The third-order valence-electron chi connectivity index (χ3n) is 3.98. The van der Waals surface area contributed by atoms with E-state index in [0.29, 0.717) is 27.4 Å². The van der Waals surface area contributed by atoms with Crippen LogP contribution in [0.5, 0.6) is 5.75 Å². The molecule has 1 heterocycles. The number of thioether (sulfide) groups is 1. The Hall–Kier alpha value is -2.29. The third-order valence-corrected chi connectivity index (χ3v) is 5.88. The van der Waals surface area contributed by atoms with Gasteiger partial charge in [-0.2, -0.15) is 0 Å². The molecule has 0 unspecified atom stereocenters. The maximum Gasteiger partial charge on any atom is 0.325 e. The lowest BCUT2D eigenvalue weighted by Crippen LogP contribution is -2.34. The molecule has 0 N–H and O–H groups in total. The van der Waals surface area contributed by atoms with Crippen LogP contribution < -0.4 is 4.74 Å². The molecule has 0 spiro atoms. The highest BCUT2D eigenvalue weighted by Crippen LogP contribution is 2.34. The summed E-state index contributed by atoms with van der Waals surface area (Å²) in [7, 11) is 1.20. The molecule has 0 bridgehead atoms. The van der Waals surface area contributed by atoms with Crippen LogP contribution >= 0.6 is 39.3 Å². The Bertz CT molecular complexity index is 1010. The first kappa shape index (κ1) is 21.4. The number of halogens is 2. The van der Waals surface area contributed by atoms with Gasteiger partial charge in [-0.05, 0) is 57.5 Å². The number of esters is 1. The fourth-order valence-corrected chi connectivity index (χ4v) is 4.02. The van der Waals surface area contributed by atoms with E-state index in [0.717, 1.165) is 22.2 Å². The van der Waals surface area contributed by atoms with Crippen LogP contribution in [0.4, 0.5) is 4.79 Å². The molecule has 1 saturated heterocycles. The van der Waals surface area contributed by atoms with E-state index in [1.165, 1.54) is 7.11 Å². The second-order valence-corrected chi connectivity index (χ2v) is 8.17. The highest BCUT2D eigenvalue weighted by molar-refractivity contribution is 9.10. The minimum atomic E-state index is -0.656. The van der Waals surface area contributed by atoms with E-state index in [9.17, 15) is 14.4 Å². The van der Waals surface area contributed by atoms with E-state index < -0.39 is 23.7 Å². The van der Waals surface area contributed by atoms with Gasteiger partial charge in [0.25, 0.3) is 11.1 Å². The summed E-state index contributed by atoms with van der Waals surface area (Å²) in [5.41, 5.74) is 1.56. The maximum atomic E-state index is 12.4. The highest BCUT2D eigenvalue weighted by Gasteiger charge is 2.36. The molecule has 29 heavy (non-hydrogen) atoms. The van der Waals surface area contributed by atoms with Gasteiger partial charge in [0.1, 0.15) is 18.9 Å². The Morgan fingerprint density at radius 2 is 2.00 bits per heavy atom. The van der Waals surface area contributed by atoms with Gasteiger partial charge in [0.2, 0.25) is 0 Å². The van der Waals surface area contributed by atoms with E-state index in [1.807, 2.05) is 18.2 Å². The van der Waals surface area contributed by atoms with Gasteiger partial charge in [0.15, 0.2) is 0 Å². The molecule has 2 aromatic carbocycles. The third kappa shape index (κ3) is 5.20. The van der Waals surface area contributed by atoms with Crippen molar-refractivity contribution in [2.45, 2.75) is 6.61 Å². The highest BCUT2D eigenvalue weighted by atomic mass is 79.9. The zero-order valence-electron chi connectivity index (χ0n) is 15.2. The molecule has 6 nitrogen and oxygen atoms in total. The molecule has 9 heteroatoms. The largest absolute Gasteiger partial charge is 0.488 e. The number of imide groups is 1. The fourth-order valence-electron chi connectivity index (χ4n) is 2.48. The minimum Gasteiger partial charge on any atom is -0.488 e. The van der Waals surface area contributed by atoms with Gasteiger partial charge >= 0.3 is 5.97 Å². The summed E-state index contributed by atoms with van der Waals surface area (Å²) in [5.74, 6) is -0.572. The van der Waals surface area contributed by atoms with Gasteiger partial charge in [-0.15, -0.1) is 0 Å². The van der Waals surface area contributed by atoms with Crippen molar-refractivity contribution < 1.29 is 23.9 Å². The van der Waals surface area contributed by atoms with E-state index in [1.54, 1.807) is 30.3 Å². The van der Waals surface area contributed by atoms with Crippen molar-refractivity contribution in [2.75, 3.05) is 13.7 Å². The number of benzene rings is 2. The Labute approximate surface area is 184 Å². The normalized spacial score (nSPS) is 15.1. The van der Waals surface area contributed by atoms with Gasteiger partial charge in [-0.3, -0.25) is 19.3 Å². The number of ether oxygens (including phenoxy) is 2. The van der Waals surface area contributed by atoms with Gasteiger partial charge in [0, 0.05) is 10.6 Å². The molecule has 2 aromatic rings. The number of methoxy groups -OCH3 is 1. The first-order valence-corrected chi connectivity index (χ1v) is 10.4. The molecule has 0 radical (unpaired) electrons. The van der Waals surface area contributed by atoms with Crippen LogP contribution in [0.25, 0.3) is 6.08 Å². The average Bonchev–Trinajstić information content (AvgIpc) is 2.95. The number of hydrogen-bond donors (Lipinski definition) is 0. The van der Waals surface area contributed by atoms with Crippen molar-refractivity contribution in [2.24, 2.45) is 0 Å². The summed E-state index contributed by atoms with van der Waals surface area (Å²) < 4.78 is 11.0. The van der Waals surface area contributed by atoms with Crippen molar-refractivity contribution in [3.05, 3.63) is 68.0 Å². The maximum absolute atomic E-state index is 12.4. The molecule has 1 fully saturated rings. The molecule has 0 atom stereocenters. The standard InChI is InChI=1S/C20H15BrClNO5S/c1-27-18(24)10-23-19(25)17(29-20(23)26)9-12-6-7-16(14(21)8-12)28-11-13-4-2-3-5-15(13)22/h2-9H,10-11H2,1H3/b17-9-. The van der Waals surface area contributed by atoms with Crippen molar-refractivity contribution >= 4 is 62.5 Å². The molecule has 150 valence electrons. The Morgan fingerprint density at radius 1 is 1.24 bits per heavy atom. The predicted octanol–water partition coefficient (Wildman–Crippen LogP) is 4.89. The van der Waals surface area contributed by atoms with Crippen LogP contribution in [0.1, 0.15) is 11.1 Å². The van der Waals surface area contributed by atoms with Gasteiger partial charge < -0.3 is 9.47 Å². The van der Waals surface area contributed by atoms with Crippen LogP contribution in [0, 0.1) is 0 Å². The predicted molar refractivity (Wildman–Crippen MR) is 115 cm³/mol. The summed E-state index contributed by atoms with van der Waals surface area (Å²) in [6, 6.07) is 12.7. The minimum absolute atomic E-state index is 0.232. The van der Waals surface area contributed by atoms with Gasteiger partial charge in [-0.25, -0.2) is 0 Å². The van der Waals surface area contributed by atoms with Crippen molar-refractivity contribution in [3.8, 4) is 5.75 Å². The molecule has 0 saturated carbocycles. The summed E-state index contributed by atoms with van der Waals surface area (Å²) >= 11 is 10.4. The number of carbonyl (C=O) groups is 3. The van der Waals surface area contributed by atoms with E-state index >= 15 is 0 Å². The van der Waals surface area contributed by atoms with Crippen molar-refractivity contribution in [1.29, 1.82) is 0 Å². The quantitative estimate of drug-likeness (QED) is 0.419. The summed E-state index contributed by atoms with van der Waals surface area (Å²) in [6.45, 7) is -0.0962. The zero-order chi connectivity index (χ0) is 21.0. The Kier molecular flexibility index (Phi) is 7.00. The number of nitrogens with zero attached hydrogens (tertiary/aromatic N) is 1. The van der Waals surface area contributed by atoms with Crippen LogP contribution in [0.2, 0.25) is 5.02 Å². The number of carbonyl (C=O) groups excluding carboxylic acids is 3. The molecule has 0 aromatic heterocycles. The average molecular weight is 497 g/mol. The Morgan fingerprint density at radius 3 is 2.69 bits per heavy atom. The smallest absolute Gasteiger partial charge is 0.325 e. The molecular formula is C20H15BrClNO5S. The molecular weight excluding hydrogens is 482 g/mol. The second-order valence-electron chi connectivity index (χ2n) is 5.91. The molecule has 1 aliphatic heterocycles. The first-order chi connectivity index (χ1) is 13.9. The van der Waals surface area contributed by atoms with Crippen LogP contribution in [-0.2, 0) is 20.9 Å². The first-order valence-electron chi connectivity index (χ1n) is 8.37. The lowest BCUT2D eigenvalue weighted by atomic mass is 10.2. The fraction of sp³-hybridized carbons (Fsp3) is 0.150. The van der Waals surface area contributed by atoms with Gasteiger partial charge in [0.05, 0.1) is 16.5 Å². The molecule has 3 rings (SSSR count). The summed E-state index contributed by atoms with van der Waals surface area (Å²) in [4.78, 5) is 36.8. The number of amides is 2. The van der Waals surface area contributed by atoms with Crippen molar-refractivity contribution in [3.63, 3.8) is 0 Å². The second kappa shape index (κ2) is 9.47. The van der Waals surface area contributed by atoms with Crippen molar-refractivity contribution in [1.82, 2.24) is 4.90 Å². The lowest BCUT2D eigenvalue weighted by molar-refractivity contribution is -0.143. The number of rotatable bonds is 6. The van der Waals surface area contributed by atoms with Crippen LogP contribution in [0.15, 0.2) is 51.8 Å². The Balaban J connectivity index is 1.71.